The summed E-state index contributed by atoms with van der Waals surface area (Å²) in [5.41, 5.74) is 0.457. The Hall–Kier alpha value is -0.0800. The van der Waals surface area contributed by atoms with Gasteiger partial charge in [0.05, 0.1) is 0 Å². The minimum Gasteiger partial charge on any atom is -0.312 e. The second kappa shape index (κ2) is 9.15. The summed E-state index contributed by atoms with van der Waals surface area (Å²) < 4.78 is 0. The molecule has 1 fully saturated rings. The Morgan fingerprint density at radius 1 is 1.05 bits per heavy atom. The highest BCUT2D eigenvalue weighted by Crippen LogP contribution is 2.39. The van der Waals surface area contributed by atoms with Crippen molar-refractivity contribution in [3.05, 3.63) is 0 Å². The lowest BCUT2D eigenvalue weighted by Gasteiger charge is -2.45. The average Bonchev–Trinajstić information content (AvgIpc) is 2.44. The fourth-order valence-corrected chi connectivity index (χ4v) is 3.77. The molecule has 0 aromatic heterocycles. The molecular formula is C19H40N2. The first-order valence-corrected chi connectivity index (χ1v) is 9.33. The molecule has 1 aliphatic carbocycles. The number of hydrogen-bond acceptors (Lipinski definition) is 2. The quantitative estimate of drug-likeness (QED) is 0.654. The topological polar surface area (TPSA) is 15.3 Å². The number of nitrogens with one attached hydrogen (secondary N) is 1. The smallest absolute Gasteiger partial charge is 0.0249 e. The monoisotopic (exact) mass is 296 g/mol. The van der Waals surface area contributed by atoms with Crippen molar-refractivity contribution in [1.82, 2.24) is 10.2 Å². The number of likely N-dealkylation sites (N-methyl/N-ethyl adjacent to an activating group) is 1. The second-order valence-corrected chi connectivity index (χ2v) is 8.19. The van der Waals surface area contributed by atoms with Gasteiger partial charge in [-0.05, 0) is 63.6 Å². The Balaban J connectivity index is 2.63. The maximum atomic E-state index is 3.82. The summed E-state index contributed by atoms with van der Waals surface area (Å²) in [5, 5.41) is 3.82. The fourth-order valence-electron chi connectivity index (χ4n) is 3.77. The van der Waals surface area contributed by atoms with E-state index in [-0.39, 0.29) is 0 Å². The highest BCUT2D eigenvalue weighted by atomic mass is 15.2. The van der Waals surface area contributed by atoms with Crippen molar-refractivity contribution in [3.63, 3.8) is 0 Å². The van der Waals surface area contributed by atoms with E-state index in [1.165, 1.54) is 58.0 Å². The summed E-state index contributed by atoms with van der Waals surface area (Å²) >= 11 is 0. The minimum absolute atomic E-state index is 0.457. The van der Waals surface area contributed by atoms with Gasteiger partial charge in [0.25, 0.3) is 0 Å². The Morgan fingerprint density at radius 3 is 2.33 bits per heavy atom. The Kier molecular flexibility index (Phi) is 8.26. The molecule has 1 rings (SSSR count). The largest absolute Gasteiger partial charge is 0.312 e. The van der Waals surface area contributed by atoms with Gasteiger partial charge in [-0.2, -0.15) is 0 Å². The SMILES string of the molecule is CCCCCN(C)C1CC(C(C)(C)C)CCC1NCCC. The number of nitrogens with zero attached hydrogens (tertiary/aromatic N) is 1. The van der Waals surface area contributed by atoms with Crippen LogP contribution in [0.15, 0.2) is 0 Å². The van der Waals surface area contributed by atoms with E-state index in [4.69, 9.17) is 0 Å². The minimum atomic E-state index is 0.457. The molecule has 126 valence electrons. The van der Waals surface area contributed by atoms with E-state index >= 15 is 0 Å². The van der Waals surface area contributed by atoms with Gasteiger partial charge in [0.15, 0.2) is 0 Å². The Morgan fingerprint density at radius 2 is 1.76 bits per heavy atom. The molecule has 0 heterocycles. The molecule has 1 saturated carbocycles. The first kappa shape index (κ1) is 19.0. The van der Waals surface area contributed by atoms with Crippen LogP contribution in [0, 0.1) is 11.3 Å². The normalized spacial score (nSPS) is 27.3. The van der Waals surface area contributed by atoms with Crippen LogP contribution in [0.5, 0.6) is 0 Å². The molecule has 0 spiro atoms. The van der Waals surface area contributed by atoms with Gasteiger partial charge in [0.1, 0.15) is 0 Å². The molecule has 0 aromatic rings. The third-order valence-corrected chi connectivity index (χ3v) is 5.38. The molecule has 3 atom stereocenters. The first-order valence-electron chi connectivity index (χ1n) is 9.33. The van der Waals surface area contributed by atoms with Gasteiger partial charge in [-0.1, -0.05) is 47.5 Å². The summed E-state index contributed by atoms with van der Waals surface area (Å²) in [5.74, 6) is 0.871. The van der Waals surface area contributed by atoms with Crippen molar-refractivity contribution in [3.8, 4) is 0 Å². The van der Waals surface area contributed by atoms with Gasteiger partial charge in [0, 0.05) is 12.1 Å². The summed E-state index contributed by atoms with van der Waals surface area (Å²) in [7, 11) is 2.35. The molecule has 1 aliphatic rings. The van der Waals surface area contributed by atoms with Gasteiger partial charge in [0.2, 0.25) is 0 Å². The van der Waals surface area contributed by atoms with Crippen LogP contribution in [0.25, 0.3) is 0 Å². The molecule has 0 radical (unpaired) electrons. The Labute approximate surface area is 134 Å². The molecule has 0 amide bonds. The van der Waals surface area contributed by atoms with E-state index in [0.717, 1.165) is 12.0 Å². The predicted octanol–water partition coefficient (Wildman–Crippen LogP) is 4.69. The zero-order valence-electron chi connectivity index (χ0n) is 15.5. The number of unbranched alkanes of at least 4 members (excludes halogenated alkanes) is 2. The molecule has 3 unspecified atom stereocenters. The average molecular weight is 297 g/mol. The predicted molar refractivity (Wildman–Crippen MR) is 94.8 cm³/mol. The number of rotatable bonds is 8. The van der Waals surface area contributed by atoms with Gasteiger partial charge in [-0.25, -0.2) is 0 Å². The van der Waals surface area contributed by atoms with Gasteiger partial charge < -0.3 is 10.2 Å². The lowest BCUT2D eigenvalue weighted by Crippen LogP contribution is -2.53. The first-order chi connectivity index (χ1) is 9.90. The van der Waals surface area contributed by atoms with Crippen LogP contribution in [0.4, 0.5) is 0 Å². The lowest BCUT2D eigenvalue weighted by atomic mass is 9.69. The summed E-state index contributed by atoms with van der Waals surface area (Å²) in [6.45, 7) is 14.3. The maximum Gasteiger partial charge on any atom is 0.0249 e. The molecule has 2 heteroatoms. The van der Waals surface area contributed by atoms with Crippen LogP contribution in [-0.4, -0.2) is 37.1 Å². The van der Waals surface area contributed by atoms with Crippen molar-refractivity contribution in [2.45, 2.75) is 91.6 Å². The van der Waals surface area contributed by atoms with E-state index in [0.29, 0.717) is 11.5 Å². The van der Waals surface area contributed by atoms with E-state index in [9.17, 15) is 0 Å². The van der Waals surface area contributed by atoms with Crippen LogP contribution in [-0.2, 0) is 0 Å². The second-order valence-electron chi connectivity index (χ2n) is 8.19. The van der Waals surface area contributed by atoms with Crippen LogP contribution in [0.2, 0.25) is 0 Å². The van der Waals surface area contributed by atoms with Gasteiger partial charge >= 0.3 is 0 Å². The molecular weight excluding hydrogens is 256 g/mol. The van der Waals surface area contributed by atoms with Crippen molar-refractivity contribution in [1.29, 1.82) is 0 Å². The van der Waals surface area contributed by atoms with E-state index in [1.54, 1.807) is 0 Å². The van der Waals surface area contributed by atoms with E-state index in [1.807, 2.05) is 0 Å². The van der Waals surface area contributed by atoms with Crippen LogP contribution < -0.4 is 5.32 Å². The van der Waals surface area contributed by atoms with Gasteiger partial charge in [-0.3, -0.25) is 0 Å². The summed E-state index contributed by atoms with van der Waals surface area (Å²) in [6.07, 6.45) is 9.39. The molecule has 2 nitrogen and oxygen atoms in total. The standard InChI is InChI=1S/C19H40N2/c1-7-9-10-14-21(6)18-15-16(19(3,4)5)11-12-17(18)20-13-8-2/h16-18,20H,7-15H2,1-6H3. The molecule has 1 N–H and O–H groups in total. The molecule has 0 saturated heterocycles. The Bertz CT molecular complexity index is 269. The molecule has 0 bridgehead atoms. The third kappa shape index (κ3) is 6.28. The zero-order valence-corrected chi connectivity index (χ0v) is 15.5. The van der Waals surface area contributed by atoms with Crippen molar-refractivity contribution in [2.24, 2.45) is 11.3 Å². The molecule has 0 aromatic carbocycles. The highest BCUT2D eigenvalue weighted by Gasteiger charge is 2.37. The van der Waals surface area contributed by atoms with Crippen molar-refractivity contribution in [2.75, 3.05) is 20.1 Å². The zero-order chi connectivity index (χ0) is 15.9. The maximum absolute atomic E-state index is 3.82. The van der Waals surface area contributed by atoms with Crippen molar-refractivity contribution >= 4 is 0 Å². The van der Waals surface area contributed by atoms with Crippen LogP contribution in [0.1, 0.15) is 79.6 Å². The van der Waals surface area contributed by atoms with Gasteiger partial charge in [-0.15, -0.1) is 0 Å². The molecule has 21 heavy (non-hydrogen) atoms. The lowest BCUT2D eigenvalue weighted by molar-refractivity contribution is 0.0715. The summed E-state index contributed by atoms with van der Waals surface area (Å²) in [4.78, 5) is 2.65. The highest BCUT2D eigenvalue weighted by molar-refractivity contribution is 4.93. The van der Waals surface area contributed by atoms with Crippen LogP contribution in [0.3, 0.4) is 0 Å². The van der Waals surface area contributed by atoms with E-state index in [2.05, 4.69) is 51.9 Å². The third-order valence-electron chi connectivity index (χ3n) is 5.38. The van der Waals surface area contributed by atoms with E-state index < -0.39 is 0 Å². The molecule has 0 aliphatic heterocycles. The number of hydrogen-bond donors (Lipinski definition) is 1. The van der Waals surface area contributed by atoms with Crippen LogP contribution >= 0.6 is 0 Å². The summed E-state index contributed by atoms with van der Waals surface area (Å²) in [6, 6.07) is 1.43. The van der Waals surface area contributed by atoms with Crippen molar-refractivity contribution < 1.29 is 0 Å². The fraction of sp³-hybridized carbons (Fsp3) is 1.00.